The molecule has 0 spiro atoms. The molecule has 1 heterocycles. The van der Waals surface area contributed by atoms with Gasteiger partial charge in [-0.15, -0.1) is 11.3 Å². The maximum atomic E-state index is 12.7. The van der Waals surface area contributed by atoms with Crippen LogP contribution in [-0.4, -0.2) is 12.5 Å². The lowest BCUT2D eigenvalue weighted by molar-refractivity contribution is -0.115. The van der Waals surface area contributed by atoms with Gasteiger partial charge in [-0.3, -0.25) is 4.79 Å². The predicted molar refractivity (Wildman–Crippen MR) is 75.8 cm³/mol. The monoisotopic (exact) mass is 278 g/mol. The molecule has 1 aromatic carbocycles. The van der Waals surface area contributed by atoms with Crippen LogP contribution >= 0.6 is 11.3 Å². The van der Waals surface area contributed by atoms with Gasteiger partial charge in [0.1, 0.15) is 5.82 Å². The molecule has 0 fully saturated rings. The van der Waals surface area contributed by atoms with E-state index in [0.29, 0.717) is 5.69 Å². The molecule has 0 aliphatic heterocycles. The van der Waals surface area contributed by atoms with Crippen molar-refractivity contribution in [1.82, 2.24) is 5.32 Å². The van der Waals surface area contributed by atoms with Gasteiger partial charge >= 0.3 is 0 Å². The molecule has 0 saturated carbocycles. The Hall–Kier alpha value is -1.72. The summed E-state index contributed by atoms with van der Waals surface area (Å²) in [5.74, 6) is -0.461. The van der Waals surface area contributed by atoms with Crippen LogP contribution in [0, 0.1) is 5.82 Å². The molecule has 2 aromatic rings. The third-order valence-electron chi connectivity index (χ3n) is 2.67. The second kappa shape index (κ2) is 6.45. The van der Waals surface area contributed by atoms with Crippen molar-refractivity contribution >= 4 is 22.9 Å². The van der Waals surface area contributed by atoms with Gasteiger partial charge in [-0.1, -0.05) is 6.07 Å². The second-order valence-corrected chi connectivity index (χ2v) is 5.15. The van der Waals surface area contributed by atoms with Crippen LogP contribution < -0.4 is 10.6 Å². The second-order valence-electron chi connectivity index (χ2n) is 4.17. The molecule has 100 valence electrons. The highest BCUT2D eigenvalue weighted by Crippen LogP contribution is 2.17. The smallest absolute Gasteiger partial charge is 0.238 e. The van der Waals surface area contributed by atoms with Gasteiger partial charge in [0.2, 0.25) is 5.91 Å². The number of benzene rings is 1. The first-order valence-electron chi connectivity index (χ1n) is 5.97. The van der Waals surface area contributed by atoms with E-state index in [2.05, 4.69) is 10.6 Å². The number of rotatable bonds is 5. The Labute approximate surface area is 115 Å². The Morgan fingerprint density at radius 3 is 2.68 bits per heavy atom. The summed E-state index contributed by atoms with van der Waals surface area (Å²) >= 11 is 1.65. The van der Waals surface area contributed by atoms with Crippen LogP contribution in [0.1, 0.15) is 17.8 Å². The number of carbonyl (C=O) groups is 1. The minimum absolute atomic E-state index is 0.138. The number of anilines is 1. The van der Waals surface area contributed by atoms with E-state index in [0.717, 1.165) is 0 Å². The number of nitrogens with one attached hydrogen (secondary N) is 2. The molecule has 19 heavy (non-hydrogen) atoms. The van der Waals surface area contributed by atoms with E-state index in [1.165, 1.54) is 29.1 Å². The Kier molecular flexibility index (Phi) is 4.65. The number of thiophene rings is 1. The van der Waals surface area contributed by atoms with E-state index < -0.39 is 0 Å². The van der Waals surface area contributed by atoms with E-state index in [-0.39, 0.29) is 24.3 Å². The van der Waals surface area contributed by atoms with Gasteiger partial charge in [0.25, 0.3) is 0 Å². The molecule has 0 aliphatic carbocycles. The maximum Gasteiger partial charge on any atom is 0.238 e. The largest absolute Gasteiger partial charge is 0.325 e. The van der Waals surface area contributed by atoms with Crippen LogP contribution in [0.15, 0.2) is 41.8 Å². The third-order valence-corrected chi connectivity index (χ3v) is 3.72. The Bertz CT molecular complexity index is 525. The average Bonchev–Trinajstić information content (AvgIpc) is 2.93. The summed E-state index contributed by atoms with van der Waals surface area (Å²) in [5.41, 5.74) is 0.594. The highest BCUT2D eigenvalue weighted by Gasteiger charge is 2.08. The number of hydrogen-bond donors (Lipinski definition) is 2. The van der Waals surface area contributed by atoms with Crippen molar-refractivity contribution in [3.8, 4) is 0 Å². The van der Waals surface area contributed by atoms with Crippen molar-refractivity contribution in [3.05, 3.63) is 52.5 Å². The summed E-state index contributed by atoms with van der Waals surface area (Å²) in [5, 5.41) is 7.85. The quantitative estimate of drug-likeness (QED) is 0.882. The molecule has 0 saturated heterocycles. The summed E-state index contributed by atoms with van der Waals surface area (Å²) in [7, 11) is 0. The first-order valence-corrected chi connectivity index (χ1v) is 6.85. The molecule has 2 N–H and O–H groups in total. The number of halogens is 1. The lowest BCUT2D eigenvalue weighted by atomic mass is 10.2. The molecule has 0 bridgehead atoms. The fourth-order valence-corrected chi connectivity index (χ4v) is 2.38. The number of hydrogen-bond acceptors (Lipinski definition) is 3. The topological polar surface area (TPSA) is 41.1 Å². The first kappa shape index (κ1) is 13.7. The predicted octanol–water partition coefficient (Wildman–Crippen LogP) is 3.18. The van der Waals surface area contributed by atoms with Gasteiger partial charge in [-0.25, -0.2) is 4.39 Å². The zero-order valence-electron chi connectivity index (χ0n) is 10.5. The lowest BCUT2D eigenvalue weighted by Gasteiger charge is -2.12. The van der Waals surface area contributed by atoms with E-state index in [4.69, 9.17) is 0 Å². The van der Waals surface area contributed by atoms with E-state index in [9.17, 15) is 9.18 Å². The van der Waals surface area contributed by atoms with Gasteiger partial charge < -0.3 is 10.6 Å². The summed E-state index contributed by atoms with van der Waals surface area (Å²) in [6.45, 7) is 2.23. The van der Waals surface area contributed by atoms with Gasteiger partial charge in [-0.05, 0) is 42.6 Å². The van der Waals surface area contributed by atoms with Crippen LogP contribution in [0.4, 0.5) is 10.1 Å². The molecule has 0 aliphatic rings. The van der Waals surface area contributed by atoms with E-state index in [1.807, 2.05) is 24.4 Å². The first-order chi connectivity index (χ1) is 9.15. The highest BCUT2D eigenvalue weighted by molar-refractivity contribution is 7.10. The van der Waals surface area contributed by atoms with Crippen LogP contribution in [-0.2, 0) is 4.79 Å². The fourth-order valence-electron chi connectivity index (χ4n) is 1.62. The average molecular weight is 278 g/mol. The summed E-state index contributed by atoms with van der Waals surface area (Å²) in [6.07, 6.45) is 0. The van der Waals surface area contributed by atoms with E-state index >= 15 is 0 Å². The third kappa shape index (κ3) is 4.15. The van der Waals surface area contributed by atoms with Crippen LogP contribution in [0.5, 0.6) is 0 Å². The standard InChI is InChI=1S/C14H15FN2OS/c1-10(13-3-2-8-19-13)16-9-14(18)17-12-6-4-11(15)5-7-12/h2-8,10,16H,9H2,1H3,(H,17,18)/t10-/m1/s1. The van der Waals surface area contributed by atoms with Gasteiger partial charge in [0.05, 0.1) is 6.54 Å². The molecule has 1 amide bonds. The van der Waals surface area contributed by atoms with Crippen molar-refractivity contribution in [2.75, 3.05) is 11.9 Å². The number of carbonyl (C=O) groups excluding carboxylic acids is 1. The number of amides is 1. The summed E-state index contributed by atoms with van der Waals surface area (Å²) < 4.78 is 12.7. The van der Waals surface area contributed by atoms with Gasteiger partial charge in [0, 0.05) is 16.6 Å². The summed E-state index contributed by atoms with van der Waals surface area (Å²) in [4.78, 5) is 12.9. The van der Waals surface area contributed by atoms with Crippen molar-refractivity contribution in [1.29, 1.82) is 0 Å². The molecule has 1 atom stereocenters. The SMILES string of the molecule is C[C@@H](NCC(=O)Nc1ccc(F)cc1)c1cccs1. The van der Waals surface area contributed by atoms with Crippen LogP contribution in [0.2, 0.25) is 0 Å². The minimum Gasteiger partial charge on any atom is -0.325 e. The van der Waals surface area contributed by atoms with Gasteiger partial charge in [0.15, 0.2) is 0 Å². The van der Waals surface area contributed by atoms with Crippen LogP contribution in [0.25, 0.3) is 0 Å². The molecular formula is C14H15FN2OS. The van der Waals surface area contributed by atoms with Gasteiger partial charge in [-0.2, -0.15) is 0 Å². The molecule has 1 aromatic heterocycles. The highest BCUT2D eigenvalue weighted by atomic mass is 32.1. The van der Waals surface area contributed by atoms with Crippen molar-refractivity contribution in [2.45, 2.75) is 13.0 Å². The molecule has 0 unspecified atom stereocenters. The van der Waals surface area contributed by atoms with E-state index in [1.54, 1.807) is 11.3 Å². The molecular weight excluding hydrogens is 263 g/mol. The normalized spacial score (nSPS) is 12.1. The zero-order chi connectivity index (χ0) is 13.7. The van der Waals surface area contributed by atoms with Crippen molar-refractivity contribution in [2.24, 2.45) is 0 Å². The summed E-state index contributed by atoms with van der Waals surface area (Å²) in [6, 6.07) is 9.86. The van der Waals surface area contributed by atoms with Crippen molar-refractivity contribution in [3.63, 3.8) is 0 Å². The molecule has 5 heteroatoms. The lowest BCUT2D eigenvalue weighted by Crippen LogP contribution is -2.29. The Balaban J connectivity index is 1.80. The van der Waals surface area contributed by atoms with Crippen LogP contribution in [0.3, 0.4) is 0 Å². The fraction of sp³-hybridized carbons (Fsp3) is 0.214. The zero-order valence-corrected chi connectivity index (χ0v) is 11.3. The Morgan fingerprint density at radius 2 is 2.05 bits per heavy atom. The Morgan fingerprint density at radius 1 is 1.32 bits per heavy atom. The molecule has 2 rings (SSSR count). The minimum atomic E-state index is -0.317. The molecule has 3 nitrogen and oxygen atoms in total. The maximum absolute atomic E-state index is 12.7. The van der Waals surface area contributed by atoms with Crippen molar-refractivity contribution < 1.29 is 9.18 Å². The molecule has 0 radical (unpaired) electrons.